The van der Waals surface area contributed by atoms with E-state index in [0.29, 0.717) is 18.2 Å². The molecule has 1 aliphatic heterocycles. The predicted molar refractivity (Wildman–Crippen MR) is 92.9 cm³/mol. The molecule has 3 aliphatic rings. The maximum absolute atomic E-state index is 12.7. The molecule has 0 aromatic carbocycles. The maximum Gasteiger partial charge on any atom is 0.273 e. The molecule has 2 amide bonds. The van der Waals surface area contributed by atoms with Crippen LogP contribution >= 0.6 is 11.3 Å². The summed E-state index contributed by atoms with van der Waals surface area (Å²) < 4.78 is 0. The lowest BCUT2D eigenvalue weighted by molar-refractivity contribution is -0.128. The Hall–Kier alpha value is -1.43. The lowest BCUT2D eigenvalue weighted by Gasteiger charge is -2.30. The molecule has 0 radical (unpaired) electrons. The Morgan fingerprint density at radius 2 is 2.21 bits per heavy atom. The fraction of sp³-hybridized carbons (Fsp3) is 0.722. The van der Waals surface area contributed by atoms with Gasteiger partial charge in [-0.05, 0) is 44.9 Å². The van der Waals surface area contributed by atoms with Crippen molar-refractivity contribution in [3.8, 4) is 0 Å². The van der Waals surface area contributed by atoms with E-state index in [4.69, 9.17) is 0 Å². The van der Waals surface area contributed by atoms with Crippen LogP contribution < -0.4 is 5.32 Å². The molecule has 1 aromatic rings. The van der Waals surface area contributed by atoms with E-state index in [2.05, 4.69) is 10.3 Å². The molecular weight excluding hydrogens is 322 g/mol. The molecular formula is C18H25N3O2S. The lowest BCUT2D eigenvalue weighted by atomic mass is 9.76. The van der Waals surface area contributed by atoms with Gasteiger partial charge in [-0.3, -0.25) is 9.59 Å². The standard InChI is InChI=1S/C18H25N3O2S/c1-12-20-15(10-24-12)17(23)21-8-7-18(11-21)6-2-3-14(18)16(22)19-9-13-4-5-13/h10,13-14H,2-9,11H2,1H3,(H,19,22)/t14-,18+/m1/s1. The Kier molecular flexibility index (Phi) is 4.11. The third-order valence-electron chi connectivity index (χ3n) is 6.00. The SMILES string of the molecule is Cc1nc(C(=O)N2CC[C@@]3(CCC[C@@H]3C(=O)NCC3CC3)C2)cs1. The molecule has 24 heavy (non-hydrogen) atoms. The Labute approximate surface area is 146 Å². The van der Waals surface area contributed by atoms with Gasteiger partial charge in [0.2, 0.25) is 5.91 Å². The van der Waals surface area contributed by atoms with Crippen LogP contribution in [0.15, 0.2) is 5.38 Å². The molecule has 1 spiro atoms. The lowest BCUT2D eigenvalue weighted by Crippen LogP contribution is -2.42. The molecule has 3 fully saturated rings. The van der Waals surface area contributed by atoms with Crippen LogP contribution in [0.25, 0.3) is 0 Å². The number of likely N-dealkylation sites (tertiary alicyclic amines) is 1. The summed E-state index contributed by atoms with van der Waals surface area (Å²) in [4.78, 5) is 31.6. The Bertz CT molecular complexity index is 654. The number of hydrogen-bond donors (Lipinski definition) is 1. The molecule has 2 aliphatic carbocycles. The van der Waals surface area contributed by atoms with Crippen molar-refractivity contribution in [2.45, 2.75) is 45.4 Å². The summed E-state index contributed by atoms with van der Waals surface area (Å²) in [7, 11) is 0. The van der Waals surface area contributed by atoms with E-state index in [9.17, 15) is 9.59 Å². The highest BCUT2D eigenvalue weighted by Crippen LogP contribution is 2.50. The van der Waals surface area contributed by atoms with E-state index >= 15 is 0 Å². The van der Waals surface area contributed by atoms with Gasteiger partial charge in [0.1, 0.15) is 5.69 Å². The van der Waals surface area contributed by atoms with Crippen LogP contribution in [0.5, 0.6) is 0 Å². The third-order valence-corrected chi connectivity index (χ3v) is 6.77. The summed E-state index contributed by atoms with van der Waals surface area (Å²) in [6.45, 7) is 4.22. The van der Waals surface area contributed by atoms with Gasteiger partial charge in [-0.15, -0.1) is 11.3 Å². The van der Waals surface area contributed by atoms with Crippen LogP contribution in [-0.2, 0) is 4.79 Å². The van der Waals surface area contributed by atoms with E-state index in [1.54, 1.807) is 0 Å². The summed E-state index contributed by atoms with van der Waals surface area (Å²) in [5, 5.41) is 5.93. The normalized spacial score (nSPS) is 29.4. The Balaban J connectivity index is 1.43. The van der Waals surface area contributed by atoms with E-state index in [0.717, 1.165) is 43.8 Å². The second-order valence-electron chi connectivity index (χ2n) is 7.72. The molecule has 0 unspecified atom stereocenters. The fourth-order valence-electron chi connectivity index (χ4n) is 4.42. The highest BCUT2D eigenvalue weighted by Gasteiger charge is 2.51. The molecule has 1 aromatic heterocycles. The van der Waals surface area contributed by atoms with E-state index in [-0.39, 0.29) is 23.1 Å². The zero-order chi connectivity index (χ0) is 16.7. The van der Waals surface area contributed by atoms with Crippen molar-refractivity contribution >= 4 is 23.2 Å². The number of amides is 2. The van der Waals surface area contributed by atoms with Crippen molar-refractivity contribution in [2.24, 2.45) is 17.3 Å². The number of nitrogens with zero attached hydrogens (tertiary/aromatic N) is 2. The molecule has 1 N–H and O–H groups in total. The van der Waals surface area contributed by atoms with Gasteiger partial charge in [-0.25, -0.2) is 4.98 Å². The molecule has 2 atom stereocenters. The molecule has 2 heterocycles. The number of nitrogens with one attached hydrogen (secondary N) is 1. The summed E-state index contributed by atoms with van der Waals surface area (Å²) in [5.41, 5.74) is 0.552. The zero-order valence-electron chi connectivity index (χ0n) is 14.2. The molecule has 130 valence electrons. The van der Waals surface area contributed by atoms with Gasteiger partial charge in [-0.1, -0.05) is 6.42 Å². The van der Waals surface area contributed by atoms with Crippen molar-refractivity contribution in [1.29, 1.82) is 0 Å². The van der Waals surface area contributed by atoms with E-state index in [1.165, 1.54) is 24.2 Å². The number of rotatable bonds is 4. The highest BCUT2D eigenvalue weighted by molar-refractivity contribution is 7.09. The van der Waals surface area contributed by atoms with Crippen LogP contribution in [0.2, 0.25) is 0 Å². The monoisotopic (exact) mass is 347 g/mol. The number of hydrogen-bond acceptors (Lipinski definition) is 4. The van der Waals surface area contributed by atoms with Crippen LogP contribution in [0.3, 0.4) is 0 Å². The number of aryl methyl sites for hydroxylation is 1. The van der Waals surface area contributed by atoms with Crippen molar-refractivity contribution in [2.75, 3.05) is 19.6 Å². The summed E-state index contributed by atoms with van der Waals surface area (Å²) >= 11 is 1.51. The number of aromatic nitrogens is 1. The molecule has 4 rings (SSSR count). The first-order valence-corrected chi connectivity index (χ1v) is 9.94. The van der Waals surface area contributed by atoms with Crippen molar-refractivity contribution in [3.63, 3.8) is 0 Å². The fourth-order valence-corrected chi connectivity index (χ4v) is 5.01. The first-order valence-electron chi connectivity index (χ1n) is 9.06. The van der Waals surface area contributed by atoms with Crippen LogP contribution in [0.1, 0.15) is 54.0 Å². The van der Waals surface area contributed by atoms with E-state index in [1.807, 2.05) is 17.2 Å². The third kappa shape index (κ3) is 2.96. The minimum absolute atomic E-state index is 0.00559. The van der Waals surface area contributed by atoms with Crippen LogP contribution in [0.4, 0.5) is 0 Å². The minimum Gasteiger partial charge on any atom is -0.356 e. The van der Waals surface area contributed by atoms with Gasteiger partial charge in [0, 0.05) is 36.3 Å². The summed E-state index contributed by atoms with van der Waals surface area (Å²) in [6, 6.07) is 0. The maximum atomic E-state index is 12.7. The van der Waals surface area contributed by atoms with Crippen LogP contribution in [0, 0.1) is 24.2 Å². The van der Waals surface area contributed by atoms with Gasteiger partial charge in [0.05, 0.1) is 5.01 Å². The second-order valence-corrected chi connectivity index (χ2v) is 8.79. The van der Waals surface area contributed by atoms with Crippen molar-refractivity contribution in [3.05, 3.63) is 16.1 Å². The van der Waals surface area contributed by atoms with Crippen LogP contribution in [-0.4, -0.2) is 41.3 Å². The predicted octanol–water partition coefficient (Wildman–Crippen LogP) is 2.61. The quantitative estimate of drug-likeness (QED) is 0.911. The summed E-state index contributed by atoms with van der Waals surface area (Å²) in [6.07, 6.45) is 6.59. The minimum atomic E-state index is -0.00559. The average Bonchev–Trinajstić information content (AvgIpc) is 2.97. The van der Waals surface area contributed by atoms with Crippen molar-refractivity contribution in [1.82, 2.24) is 15.2 Å². The second kappa shape index (κ2) is 6.14. The Morgan fingerprint density at radius 3 is 2.92 bits per heavy atom. The number of thiazole rings is 1. The highest BCUT2D eigenvalue weighted by atomic mass is 32.1. The number of carbonyl (C=O) groups excluding carboxylic acids is 2. The summed E-state index contributed by atoms with van der Waals surface area (Å²) in [5.74, 6) is 1.03. The average molecular weight is 347 g/mol. The Morgan fingerprint density at radius 1 is 1.38 bits per heavy atom. The van der Waals surface area contributed by atoms with Gasteiger partial charge >= 0.3 is 0 Å². The van der Waals surface area contributed by atoms with E-state index < -0.39 is 0 Å². The van der Waals surface area contributed by atoms with Crippen molar-refractivity contribution < 1.29 is 9.59 Å². The molecule has 2 saturated carbocycles. The van der Waals surface area contributed by atoms with Gasteiger partial charge < -0.3 is 10.2 Å². The molecule has 0 bridgehead atoms. The van der Waals surface area contributed by atoms with Gasteiger partial charge in [-0.2, -0.15) is 0 Å². The zero-order valence-corrected chi connectivity index (χ0v) is 15.0. The largest absolute Gasteiger partial charge is 0.356 e. The van der Waals surface area contributed by atoms with Gasteiger partial charge in [0.25, 0.3) is 5.91 Å². The van der Waals surface area contributed by atoms with Gasteiger partial charge in [0.15, 0.2) is 0 Å². The molecule has 6 heteroatoms. The number of carbonyl (C=O) groups is 2. The molecule has 5 nitrogen and oxygen atoms in total. The first kappa shape index (κ1) is 16.1. The molecule has 1 saturated heterocycles. The topological polar surface area (TPSA) is 62.3 Å². The first-order chi connectivity index (χ1) is 11.6. The smallest absolute Gasteiger partial charge is 0.273 e.